The number of carbonyl (C=O) groups excluding carboxylic acids is 1. The zero-order chi connectivity index (χ0) is 9.84. The highest BCUT2D eigenvalue weighted by Crippen LogP contribution is 2.20. The Balaban J connectivity index is 2.28. The minimum absolute atomic E-state index is 0.187. The minimum atomic E-state index is -0.220. The van der Waals surface area contributed by atoms with Gasteiger partial charge in [0.15, 0.2) is 0 Å². The van der Waals surface area contributed by atoms with E-state index in [4.69, 9.17) is 5.11 Å². The van der Waals surface area contributed by atoms with Crippen LogP contribution in [0.1, 0.15) is 26.2 Å². The van der Waals surface area contributed by atoms with Crippen molar-refractivity contribution in [2.45, 2.75) is 44.4 Å². The van der Waals surface area contributed by atoms with Crippen molar-refractivity contribution in [1.82, 2.24) is 5.32 Å². The zero-order valence-electron chi connectivity index (χ0n) is 8.12. The van der Waals surface area contributed by atoms with Gasteiger partial charge >= 0.3 is 5.97 Å². The van der Waals surface area contributed by atoms with Gasteiger partial charge in [0.2, 0.25) is 0 Å². The van der Waals surface area contributed by atoms with Gasteiger partial charge in [-0.15, -0.1) is 0 Å². The van der Waals surface area contributed by atoms with Crippen molar-refractivity contribution >= 4 is 5.97 Å². The number of rotatable bonds is 4. The Hall–Kier alpha value is -0.610. The average Bonchev–Trinajstić information content (AvgIpc) is 2.09. The van der Waals surface area contributed by atoms with Crippen LogP contribution in [0.15, 0.2) is 0 Å². The fourth-order valence-corrected chi connectivity index (χ4v) is 1.50. The van der Waals surface area contributed by atoms with Crippen LogP contribution in [0.2, 0.25) is 0 Å². The van der Waals surface area contributed by atoms with Crippen molar-refractivity contribution in [1.29, 1.82) is 0 Å². The van der Waals surface area contributed by atoms with Crippen LogP contribution in [0.4, 0.5) is 0 Å². The van der Waals surface area contributed by atoms with Crippen LogP contribution in [-0.2, 0) is 9.53 Å². The zero-order valence-corrected chi connectivity index (χ0v) is 8.12. The molecule has 1 rings (SSSR count). The lowest BCUT2D eigenvalue weighted by Crippen LogP contribution is -2.51. The second kappa shape index (κ2) is 4.58. The van der Waals surface area contributed by atoms with Gasteiger partial charge in [0.05, 0.1) is 13.2 Å². The molecule has 1 atom stereocenters. The summed E-state index contributed by atoms with van der Waals surface area (Å²) in [5.74, 6) is -0.219. The summed E-state index contributed by atoms with van der Waals surface area (Å²) in [6.45, 7) is 1.93. The van der Waals surface area contributed by atoms with Crippen LogP contribution in [-0.4, -0.2) is 36.4 Å². The number of ether oxygens (including phenoxy) is 1. The molecule has 1 fully saturated rings. The average molecular weight is 187 g/mol. The lowest BCUT2D eigenvalue weighted by Gasteiger charge is -2.34. The van der Waals surface area contributed by atoms with E-state index in [0.717, 1.165) is 19.3 Å². The van der Waals surface area contributed by atoms with Crippen molar-refractivity contribution in [3.05, 3.63) is 0 Å². The van der Waals surface area contributed by atoms with E-state index in [1.807, 2.05) is 6.92 Å². The maximum atomic E-state index is 11.2. The third kappa shape index (κ3) is 2.67. The predicted molar refractivity (Wildman–Crippen MR) is 48.3 cm³/mol. The van der Waals surface area contributed by atoms with Crippen molar-refractivity contribution in [2.24, 2.45) is 0 Å². The molecule has 13 heavy (non-hydrogen) atoms. The molecule has 1 saturated carbocycles. The summed E-state index contributed by atoms with van der Waals surface area (Å²) in [5, 5.41) is 12.2. The highest BCUT2D eigenvalue weighted by Gasteiger charge is 2.30. The first kappa shape index (κ1) is 10.5. The molecule has 0 bridgehead atoms. The Morgan fingerprint density at radius 3 is 2.69 bits per heavy atom. The number of methoxy groups -OCH3 is 1. The van der Waals surface area contributed by atoms with Gasteiger partial charge in [-0.2, -0.15) is 0 Å². The van der Waals surface area contributed by atoms with Gasteiger partial charge < -0.3 is 15.2 Å². The molecule has 1 unspecified atom stereocenters. The van der Waals surface area contributed by atoms with Crippen molar-refractivity contribution in [3.8, 4) is 0 Å². The van der Waals surface area contributed by atoms with E-state index in [1.54, 1.807) is 0 Å². The third-order valence-corrected chi connectivity index (χ3v) is 2.44. The van der Waals surface area contributed by atoms with Crippen molar-refractivity contribution in [2.75, 3.05) is 7.11 Å². The molecule has 1 aliphatic rings. The van der Waals surface area contributed by atoms with Crippen LogP contribution in [0, 0.1) is 0 Å². The maximum absolute atomic E-state index is 11.2. The van der Waals surface area contributed by atoms with Gasteiger partial charge in [-0.25, -0.2) is 0 Å². The molecule has 0 heterocycles. The Bertz CT molecular complexity index is 178. The quantitative estimate of drug-likeness (QED) is 0.611. The molecular formula is C9H17NO3. The van der Waals surface area contributed by atoms with Gasteiger partial charge in [0, 0.05) is 6.04 Å². The number of aliphatic hydroxyl groups excluding tert-OH is 1. The minimum Gasteiger partial charge on any atom is -0.468 e. The molecule has 0 saturated heterocycles. The van der Waals surface area contributed by atoms with E-state index in [0.29, 0.717) is 0 Å². The Kier molecular flexibility index (Phi) is 3.69. The van der Waals surface area contributed by atoms with Crippen LogP contribution in [0.5, 0.6) is 0 Å². The highest BCUT2D eigenvalue weighted by atomic mass is 16.5. The first-order valence-corrected chi connectivity index (χ1v) is 4.69. The highest BCUT2D eigenvalue weighted by molar-refractivity contribution is 5.75. The number of hydrogen-bond acceptors (Lipinski definition) is 4. The second-order valence-corrected chi connectivity index (χ2v) is 3.47. The predicted octanol–water partition coefficient (Wildman–Crippen LogP) is 0.0509. The van der Waals surface area contributed by atoms with E-state index >= 15 is 0 Å². The monoisotopic (exact) mass is 187 g/mol. The van der Waals surface area contributed by atoms with E-state index in [-0.39, 0.29) is 24.2 Å². The van der Waals surface area contributed by atoms with Gasteiger partial charge in [-0.3, -0.25) is 4.79 Å². The van der Waals surface area contributed by atoms with Gasteiger partial charge in [0.1, 0.15) is 6.04 Å². The molecule has 1 aliphatic carbocycles. The smallest absolute Gasteiger partial charge is 0.322 e. The Morgan fingerprint density at radius 1 is 1.69 bits per heavy atom. The summed E-state index contributed by atoms with van der Waals surface area (Å²) in [7, 11) is 1.39. The van der Waals surface area contributed by atoms with E-state index in [2.05, 4.69) is 10.1 Å². The fraction of sp³-hybridized carbons (Fsp3) is 0.889. The third-order valence-electron chi connectivity index (χ3n) is 2.44. The van der Waals surface area contributed by atoms with E-state index in [1.165, 1.54) is 7.11 Å². The number of aliphatic hydroxyl groups is 1. The SMILES string of the molecule is CCC(NC1CC(O)C1)C(=O)OC. The standard InChI is InChI=1S/C9H17NO3/c1-3-8(9(12)13-2)10-6-4-7(11)5-6/h6-8,10-11H,3-5H2,1-2H3. The normalized spacial score (nSPS) is 29.2. The van der Waals surface area contributed by atoms with Gasteiger partial charge in [-0.05, 0) is 19.3 Å². The van der Waals surface area contributed by atoms with E-state index < -0.39 is 0 Å². The van der Waals surface area contributed by atoms with Crippen LogP contribution >= 0.6 is 0 Å². The number of hydrogen-bond donors (Lipinski definition) is 2. The van der Waals surface area contributed by atoms with Gasteiger partial charge in [0.25, 0.3) is 0 Å². The molecule has 76 valence electrons. The summed E-state index contributed by atoms with van der Waals surface area (Å²) in [6, 6.07) is 0.0570. The topological polar surface area (TPSA) is 58.6 Å². The van der Waals surface area contributed by atoms with Crippen LogP contribution in [0.3, 0.4) is 0 Å². The van der Waals surface area contributed by atoms with Crippen molar-refractivity contribution in [3.63, 3.8) is 0 Å². The molecule has 0 aliphatic heterocycles. The molecule has 2 N–H and O–H groups in total. The first-order valence-electron chi connectivity index (χ1n) is 4.69. The molecule has 4 nitrogen and oxygen atoms in total. The Labute approximate surface area is 78.3 Å². The maximum Gasteiger partial charge on any atom is 0.322 e. The summed E-state index contributed by atoms with van der Waals surface area (Å²) in [4.78, 5) is 11.2. The number of esters is 1. The summed E-state index contributed by atoms with van der Waals surface area (Å²) < 4.78 is 4.64. The molecule has 0 aromatic carbocycles. The van der Waals surface area contributed by atoms with Crippen LogP contribution < -0.4 is 5.32 Å². The molecule has 0 radical (unpaired) electrons. The Morgan fingerprint density at radius 2 is 2.31 bits per heavy atom. The molecule has 0 aromatic rings. The first-order chi connectivity index (χ1) is 6.17. The molecule has 0 amide bonds. The number of nitrogens with one attached hydrogen (secondary N) is 1. The molecule has 0 aromatic heterocycles. The molecule has 0 spiro atoms. The van der Waals surface area contributed by atoms with Gasteiger partial charge in [-0.1, -0.05) is 6.92 Å². The van der Waals surface area contributed by atoms with Crippen LogP contribution in [0.25, 0.3) is 0 Å². The lowest BCUT2D eigenvalue weighted by molar-refractivity contribution is -0.143. The molecular weight excluding hydrogens is 170 g/mol. The van der Waals surface area contributed by atoms with E-state index in [9.17, 15) is 4.79 Å². The summed E-state index contributed by atoms with van der Waals surface area (Å²) in [6.07, 6.45) is 2.02. The summed E-state index contributed by atoms with van der Waals surface area (Å²) in [5.41, 5.74) is 0. The largest absolute Gasteiger partial charge is 0.468 e. The lowest BCUT2D eigenvalue weighted by atomic mass is 9.89. The second-order valence-electron chi connectivity index (χ2n) is 3.47. The summed E-state index contributed by atoms with van der Waals surface area (Å²) >= 11 is 0. The number of carbonyl (C=O) groups is 1. The van der Waals surface area contributed by atoms with Crippen molar-refractivity contribution < 1.29 is 14.6 Å². The fourth-order valence-electron chi connectivity index (χ4n) is 1.50. The molecule has 4 heteroatoms.